The molecule has 0 aliphatic carbocycles. The zero-order valence-corrected chi connectivity index (χ0v) is 9.73. The van der Waals surface area contributed by atoms with E-state index in [-0.39, 0.29) is 0 Å². The van der Waals surface area contributed by atoms with Gasteiger partial charge in [-0.15, -0.1) is 0 Å². The fourth-order valence-electron chi connectivity index (χ4n) is 1.56. The lowest BCUT2D eigenvalue weighted by atomic mass is 10.2. The van der Waals surface area contributed by atoms with Crippen LogP contribution < -0.4 is 5.32 Å². The molecule has 0 spiro atoms. The van der Waals surface area contributed by atoms with Crippen molar-refractivity contribution in [3.8, 4) is 11.4 Å². The number of nitrogens with zero attached hydrogens (tertiary/aromatic N) is 4. The van der Waals surface area contributed by atoms with E-state index in [9.17, 15) is 0 Å². The number of hydrogen-bond acceptors (Lipinski definition) is 4. The van der Waals surface area contributed by atoms with Crippen molar-refractivity contribution in [2.24, 2.45) is 7.05 Å². The Morgan fingerprint density at radius 2 is 2.19 bits per heavy atom. The third-order valence-electron chi connectivity index (χ3n) is 2.27. The summed E-state index contributed by atoms with van der Waals surface area (Å²) in [6.07, 6.45) is 1.76. The summed E-state index contributed by atoms with van der Waals surface area (Å²) in [7, 11) is 1.90. The van der Waals surface area contributed by atoms with E-state index in [1.165, 1.54) is 0 Å². The molecule has 5 nitrogen and oxygen atoms in total. The van der Waals surface area contributed by atoms with Crippen LogP contribution in [0.2, 0.25) is 0 Å². The van der Waals surface area contributed by atoms with E-state index < -0.39 is 0 Å². The summed E-state index contributed by atoms with van der Waals surface area (Å²) in [5, 5.41) is 7.25. The topological polar surface area (TPSA) is 55.6 Å². The Bertz CT molecular complexity index is 489. The third-order valence-corrected chi connectivity index (χ3v) is 2.27. The first kappa shape index (κ1) is 10.6. The second-order valence-electron chi connectivity index (χ2n) is 3.59. The molecule has 0 saturated heterocycles. The smallest absolute Gasteiger partial charge is 0.223 e. The Kier molecular flexibility index (Phi) is 2.85. The quantitative estimate of drug-likeness (QED) is 0.848. The van der Waals surface area contributed by atoms with E-state index in [1.54, 1.807) is 10.9 Å². The van der Waals surface area contributed by atoms with Crippen LogP contribution in [0.3, 0.4) is 0 Å². The van der Waals surface area contributed by atoms with Gasteiger partial charge in [0.2, 0.25) is 5.95 Å². The van der Waals surface area contributed by atoms with Gasteiger partial charge in [0.25, 0.3) is 0 Å². The molecular formula is C11H15N5. The molecular weight excluding hydrogens is 202 g/mol. The van der Waals surface area contributed by atoms with Gasteiger partial charge in [-0.3, -0.25) is 4.68 Å². The lowest BCUT2D eigenvalue weighted by Gasteiger charge is -2.06. The Morgan fingerprint density at radius 3 is 2.81 bits per heavy atom. The summed E-state index contributed by atoms with van der Waals surface area (Å²) in [5.74, 6) is 0.665. The van der Waals surface area contributed by atoms with Crippen LogP contribution in [0.1, 0.15) is 12.6 Å². The highest BCUT2D eigenvalue weighted by molar-refractivity contribution is 5.56. The van der Waals surface area contributed by atoms with Crippen molar-refractivity contribution < 1.29 is 0 Å². The molecule has 0 saturated carbocycles. The fraction of sp³-hybridized carbons (Fsp3) is 0.364. The van der Waals surface area contributed by atoms with E-state index in [0.717, 1.165) is 23.6 Å². The normalized spacial score (nSPS) is 10.4. The molecule has 0 atom stereocenters. The zero-order valence-electron chi connectivity index (χ0n) is 9.73. The van der Waals surface area contributed by atoms with Gasteiger partial charge in [-0.1, -0.05) is 0 Å². The molecule has 0 fully saturated rings. The van der Waals surface area contributed by atoms with Crippen molar-refractivity contribution in [1.82, 2.24) is 19.7 Å². The third kappa shape index (κ3) is 2.03. The number of aromatic nitrogens is 4. The van der Waals surface area contributed by atoms with Gasteiger partial charge in [0, 0.05) is 25.5 Å². The van der Waals surface area contributed by atoms with Crippen molar-refractivity contribution in [2.45, 2.75) is 13.8 Å². The summed E-state index contributed by atoms with van der Waals surface area (Å²) >= 11 is 0. The maximum atomic E-state index is 4.44. The Morgan fingerprint density at radius 1 is 1.38 bits per heavy atom. The molecule has 0 aliphatic rings. The average Bonchev–Trinajstić information content (AvgIpc) is 2.64. The van der Waals surface area contributed by atoms with Gasteiger partial charge in [0.1, 0.15) is 0 Å². The van der Waals surface area contributed by atoms with Crippen LogP contribution in [0.25, 0.3) is 11.4 Å². The first-order valence-electron chi connectivity index (χ1n) is 5.28. The van der Waals surface area contributed by atoms with Crippen molar-refractivity contribution in [3.05, 3.63) is 24.0 Å². The van der Waals surface area contributed by atoms with Crippen LogP contribution in [-0.2, 0) is 7.05 Å². The van der Waals surface area contributed by atoms with Crippen molar-refractivity contribution in [3.63, 3.8) is 0 Å². The molecule has 2 aromatic heterocycles. The molecule has 2 aromatic rings. The molecule has 0 bridgehead atoms. The molecule has 2 rings (SSSR count). The van der Waals surface area contributed by atoms with Crippen LogP contribution in [0.15, 0.2) is 18.3 Å². The molecule has 2 heterocycles. The van der Waals surface area contributed by atoms with Crippen LogP contribution in [-0.4, -0.2) is 26.3 Å². The maximum Gasteiger partial charge on any atom is 0.223 e. The molecule has 16 heavy (non-hydrogen) atoms. The van der Waals surface area contributed by atoms with E-state index >= 15 is 0 Å². The van der Waals surface area contributed by atoms with Gasteiger partial charge in [-0.05, 0) is 26.0 Å². The molecule has 0 aromatic carbocycles. The van der Waals surface area contributed by atoms with Gasteiger partial charge >= 0.3 is 0 Å². The summed E-state index contributed by atoms with van der Waals surface area (Å²) in [5.41, 5.74) is 2.83. The molecule has 0 aliphatic heterocycles. The van der Waals surface area contributed by atoms with Crippen LogP contribution in [0.4, 0.5) is 5.95 Å². The fourth-order valence-corrected chi connectivity index (χ4v) is 1.56. The van der Waals surface area contributed by atoms with Crippen molar-refractivity contribution >= 4 is 5.95 Å². The summed E-state index contributed by atoms with van der Waals surface area (Å²) < 4.78 is 1.80. The van der Waals surface area contributed by atoms with E-state index in [4.69, 9.17) is 0 Å². The predicted molar refractivity (Wildman–Crippen MR) is 63.1 cm³/mol. The lowest BCUT2D eigenvalue weighted by molar-refractivity contribution is 0.772. The second kappa shape index (κ2) is 4.30. The predicted octanol–water partition coefficient (Wildman–Crippen LogP) is 1.62. The van der Waals surface area contributed by atoms with Gasteiger partial charge in [0.15, 0.2) is 0 Å². The first-order chi connectivity index (χ1) is 7.70. The molecule has 84 valence electrons. The minimum absolute atomic E-state index is 0.665. The van der Waals surface area contributed by atoms with Crippen LogP contribution >= 0.6 is 0 Å². The summed E-state index contributed by atoms with van der Waals surface area (Å²) in [6.45, 7) is 4.80. The van der Waals surface area contributed by atoms with Gasteiger partial charge in [-0.25, -0.2) is 9.97 Å². The number of nitrogens with one attached hydrogen (secondary N) is 1. The highest BCUT2D eigenvalue weighted by Gasteiger charge is 2.07. The average molecular weight is 217 g/mol. The molecule has 1 N–H and O–H groups in total. The van der Waals surface area contributed by atoms with Crippen molar-refractivity contribution in [1.29, 1.82) is 0 Å². The number of anilines is 1. The monoisotopic (exact) mass is 217 g/mol. The van der Waals surface area contributed by atoms with Gasteiger partial charge in [0.05, 0.1) is 11.4 Å². The Hall–Kier alpha value is -1.91. The minimum Gasteiger partial charge on any atom is -0.354 e. The van der Waals surface area contributed by atoms with Crippen LogP contribution in [0, 0.1) is 6.92 Å². The SMILES string of the molecule is CCNc1nc(C)cc(-c2ccnn2C)n1. The minimum atomic E-state index is 0.665. The molecule has 0 unspecified atom stereocenters. The number of hydrogen-bond donors (Lipinski definition) is 1. The van der Waals surface area contributed by atoms with Crippen molar-refractivity contribution in [2.75, 3.05) is 11.9 Å². The summed E-state index contributed by atoms with van der Waals surface area (Å²) in [4.78, 5) is 8.75. The highest BCUT2D eigenvalue weighted by atomic mass is 15.3. The van der Waals surface area contributed by atoms with E-state index in [0.29, 0.717) is 5.95 Å². The Labute approximate surface area is 94.5 Å². The highest BCUT2D eigenvalue weighted by Crippen LogP contribution is 2.17. The maximum absolute atomic E-state index is 4.44. The second-order valence-corrected chi connectivity index (χ2v) is 3.59. The van der Waals surface area contributed by atoms with Gasteiger partial charge in [-0.2, -0.15) is 5.10 Å². The molecule has 0 amide bonds. The first-order valence-corrected chi connectivity index (χ1v) is 5.28. The van der Waals surface area contributed by atoms with E-state index in [1.807, 2.05) is 33.0 Å². The van der Waals surface area contributed by atoms with Gasteiger partial charge < -0.3 is 5.32 Å². The Balaban J connectivity index is 2.45. The molecule has 5 heteroatoms. The standard InChI is InChI=1S/C11H15N5/c1-4-12-11-14-8(2)7-9(15-11)10-5-6-13-16(10)3/h5-7H,4H2,1-3H3,(H,12,14,15). The molecule has 0 radical (unpaired) electrons. The zero-order chi connectivity index (χ0) is 11.5. The lowest BCUT2D eigenvalue weighted by Crippen LogP contribution is -2.05. The van der Waals surface area contributed by atoms with E-state index in [2.05, 4.69) is 20.4 Å². The number of aryl methyl sites for hydroxylation is 2. The number of rotatable bonds is 3. The summed E-state index contributed by atoms with van der Waals surface area (Å²) in [6, 6.07) is 3.90. The van der Waals surface area contributed by atoms with Crippen LogP contribution in [0.5, 0.6) is 0 Å². The largest absolute Gasteiger partial charge is 0.354 e.